The summed E-state index contributed by atoms with van der Waals surface area (Å²) < 4.78 is 43.9. The minimum absolute atomic E-state index is 0.314. The van der Waals surface area contributed by atoms with Crippen molar-refractivity contribution < 1.29 is 17.9 Å². The third-order valence-corrected chi connectivity index (χ3v) is 3.48. The number of aryl methyl sites for hydroxylation is 1. The number of benzene rings is 2. The van der Waals surface area contributed by atoms with Gasteiger partial charge in [0.15, 0.2) is 0 Å². The van der Waals surface area contributed by atoms with E-state index in [4.69, 9.17) is 4.74 Å². The van der Waals surface area contributed by atoms with E-state index < -0.39 is 11.7 Å². The lowest BCUT2D eigenvalue weighted by Gasteiger charge is -2.11. The van der Waals surface area contributed by atoms with E-state index in [9.17, 15) is 13.2 Å². The second-order valence-electron chi connectivity index (χ2n) is 5.17. The number of nitrogens with zero attached hydrogens (tertiary/aromatic N) is 2. The Balaban J connectivity index is 2.27. The summed E-state index contributed by atoms with van der Waals surface area (Å²) in [4.78, 5) is 8.60. The molecule has 0 saturated carbocycles. The van der Waals surface area contributed by atoms with E-state index >= 15 is 0 Å². The first-order chi connectivity index (χ1) is 10.9. The molecule has 0 amide bonds. The second kappa shape index (κ2) is 5.53. The van der Waals surface area contributed by atoms with Crippen LogP contribution < -0.4 is 4.74 Å². The zero-order chi connectivity index (χ0) is 16.6. The molecule has 3 aromatic rings. The number of methoxy groups -OCH3 is 1. The molecule has 3 nitrogen and oxygen atoms in total. The molecule has 6 heteroatoms. The number of aromatic nitrogens is 2. The second-order valence-corrected chi connectivity index (χ2v) is 5.17. The number of hydrogen-bond donors (Lipinski definition) is 0. The van der Waals surface area contributed by atoms with Crippen molar-refractivity contribution in [3.8, 4) is 17.0 Å². The van der Waals surface area contributed by atoms with Crippen LogP contribution in [0.15, 0.2) is 42.6 Å². The van der Waals surface area contributed by atoms with Crippen LogP contribution in [-0.4, -0.2) is 17.1 Å². The van der Waals surface area contributed by atoms with Crippen molar-refractivity contribution in [3.63, 3.8) is 0 Å². The van der Waals surface area contributed by atoms with E-state index in [1.54, 1.807) is 12.1 Å². The van der Waals surface area contributed by atoms with Gasteiger partial charge in [0, 0.05) is 5.56 Å². The van der Waals surface area contributed by atoms with Crippen molar-refractivity contribution in [2.24, 2.45) is 0 Å². The van der Waals surface area contributed by atoms with Gasteiger partial charge < -0.3 is 4.74 Å². The van der Waals surface area contributed by atoms with Crippen molar-refractivity contribution >= 4 is 11.0 Å². The van der Waals surface area contributed by atoms with Gasteiger partial charge in [-0.1, -0.05) is 12.1 Å². The maximum atomic E-state index is 12.9. The molecular formula is C17H13F3N2O. The van der Waals surface area contributed by atoms with Gasteiger partial charge in [-0.25, -0.2) is 9.97 Å². The van der Waals surface area contributed by atoms with Crippen LogP contribution in [0.1, 0.15) is 11.1 Å². The summed E-state index contributed by atoms with van der Waals surface area (Å²) in [6, 6.07) is 8.82. The van der Waals surface area contributed by atoms with Crippen LogP contribution in [0.4, 0.5) is 13.2 Å². The number of hydrogen-bond acceptors (Lipinski definition) is 3. The Hall–Kier alpha value is -2.63. The molecule has 0 aliphatic heterocycles. The van der Waals surface area contributed by atoms with E-state index in [1.165, 1.54) is 19.4 Å². The molecule has 0 N–H and O–H groups in total. The zero-order valence-corrected chi connectivity index (χ0v) is 12.5. The summed E-state index contributed by atoms with van der Waals surface area (Å²) in [5, 5.41) is 0. The fourth-order valence-corrected chi connectivity index (χ4v) is 2.42. The Kier molecular flexibility index (Phi) is 3.67. The van der Waals surface area contributed by atoms with Crippen LogP contribution in [0.5, 0.6) is 5.88 Å². The molecule has 3 rings (SSSR count). The Labute approximate surface area is 130 Å². The first-order valence-electron chi connectivity index (χ1n) is 6.87. The molecule has 0 spiro atoms. The average molecular weight is 318 g/mol. The standard InChI is InChI=1S/C17H13F3N2O/c1-10-6-13(11-4-3-5-12(8-11)17(18,19)20)16-14(7-10)21-9-15(22-16)23-2/h3-9H,1-2H3. The summed E-state index contributed by atoms with van der Waals surface area (Å²) in [5.74, 6) is 0.314. The molecule has 1 heterocycles. The Bertz CT molecular complexity index is 875. The zero-order valence-electron chi connectivity index (χ0n) is 12.5. The number of ether oxygens (including phenoxy) is 1. The van der Waals surface area contributed by atoms with E-state index in [2.05, 4.69) is 9.97 Å². The Morgan fingerprint density at radius 3 is 2.57 bits per heavy atom. The fourth-order valence-electron chi connectivity index (χ4n) is 2.42. The fraction of sp³-hybridized carbons (Fsp3) is 0.176. The number of rotatable bonds is 2. The molecule has 23 heavy (non-hydrogen) atoms. The van der Waals surface area contributed by atoms with Crippen LogP contribution in [0.2, 0.25) is 0 Å². The average Bonchev–Trinajstić information content (AvgIpc) is 2.53. The van der Waals surface area contributed by atoms with Crippen molar-refractivity contribution in [2.75, 3.05) is 7.11 Å². The molecule has 2 aromatic carbocycles. The molecule has 0 fully saturated rings. The lowest BCUT2D eigenvalue weighted by molar-refractivity contribution is -0.137. The highest BCUT2D eigenvalue weighted by Gasteiger charge is 2.30. The normalized spacial score (nSPS) is 11.7. The van der Waals surface area contributed by atoms with Crippen LogP contribution in [0.25, 0.3) is 22.2 Å². The number of halogens is 3. The maximum absolute atomic E-state index is 12.9. The van der Waals surface area contributed by atoms with Gasteiger partial charge in [-0.2, -0.15) is 13.2 Å². The van der Waals surface area contributed by atoms with Gasteiger partial charge in [-0.3, -0.25) is 0 Å². The van der Waals surface area contributed by atoms with Crippen LogP contribution in [-0.2, 0) is 6.18 Å². The lowest BCUT2D eigenvalue weighted by atomic mass is 9.99. The van der Waals surface area contributed by atoms with Crippen LogP contribution >= 0.6 is 0 Å². The van der Waals surface area contributed by atoms with E-state index in [-0.39, 0.29) is 0 Å². The highest BCUT2D eigenvalue weighted by atomic mass is 19.4. The van der Waals surface area contributed by atoms with Crippen molar-refractivity contribution in [1.29, 1.82) is 0 Å². The van der Waals surface area contributed by atoms with E-state index in [0.717, 1.165) is 17.7 Å². The van der Waals surface area contributed by atoms with Gasteiger partial charge in [0.25, 0.3) is 0 Å². The molecule has 0 atom stereocenters. The topological polar surface area (TPSA) is 35.0 Å². The van der Waals surface area contributed by atoms with Gasteiger partial charge >= 0.3 is 6.18 Å². The summed E-state index contributed by atoms with van der Waals surface area (Å²) in [6.07, 6.45) is -2.91. The van der Waals surface area contributed by atoms with Crippen molar-refractivity contribution in [2.45, 2.75) is 13.1 Å². The third kappa shape index (κ3) is 2.97. The Morgan fingerprint density at radius 1 is 1.09 bits per heavy atom. The minimum Gasteiger partial charge on any atom is -0.480 e. The molecule has 0 aliphatic rings. The summed E-state index contributed by atoms with van der Waals surface area (Å²) in [6.45, 7) is 1.86. The molecule has 0 radical (unpaired) electrons. The highest BCUT2D eigenvalue weighted by molar-refractivity contribution is 5.92. The van der Waals surface area contributed by atoms with Crippen molar-refractivity contribution in [1.82, 2.24) is 9.97 Å². The predicted octanol–water partition coefficient (Wildman–Crippen LogP) is 4.63. The molecule has 1 aromatic heterocycles. The summed E-state index contributed by atoms with van der Waals surface area (Å²) in [5.41, 5.74) is 2.35. The first-order valence-corrected chi connectivity index (χ1v) is 6.87. The van der Waals surface area contributed by atoms with E-state index in [1.807, 2.05) is 13.0 Å². The molecule has 0 saturated heterocycles. The molecule has 0 bridgehead atoms. The van der Waals surface area contributed by atoms with Gasteiger partial charge in [-0.15, -0.1) is 0 Å². The molecule has 0 unspecified atom stereocenters. The van der Waals surface area contributed by atoms with Gasteiger partial charge in [0.05, 0.1) is 24.4 Å². The molecular weight excluding hydrogens is 305 g/mol. The van der Waals surface area contributed by atoms with Crippen LogP contribution in [0.3, 0.4) is 0 Å². The molecule has 118 valence electrons. The van der Waals surface area contributed by atoms with Gasteiger partial charge in [0.2, 0.25) is 5.88 Å². The third-order valence-electron chi connectivity index (χ3n) is 3.48. The van der Waals surface area contributed by atoms with Crippen molar-refractivity contribution in [3.05, 3.63) is 53.7 Å². The molecule has 0 aliphatic carbocycles. The number of fused-ring (bicyclic) bond motifs is 1. The Morgan fingerprint density at radius 2 is 1.87 bits per heavy atom. The summed E-state index contributed by atoms with van der Waals surface area (Å²) in [7, 11) is 1.47. The maximum Gasteiger partial charge on any atom is 0.416 e. The minimum atomic E-state index is -4.39. The monoisotopic (exact) mass is 318 g/mol. The summed E-state index contributed by atoms with van der Waals surface area (Å²) >= 11 is 0. The highest BCUT2D eigenvalue weighted by Crippen LogP contribution is 2.34. The first kappa shape index (κ1) is 15.3. The lowest BCUT2D eigenvalue weighted by Crippen LogP contribution is -2.04. The van der Waals surface area contributed by atoms with Gasteiger partial charge in [0.1, 0.15) is 5.52 Å². The van der Waals surface area contributed by atoms with Gasteiger partial charge in [-0.05, 0) is 42.3 Å². The quantitative estimate of drug-likeness (QED) is 0.691. The SMILES string of the molecule is COc1cnc2cc(C)cc(-c3cccc(C(F)(F)F)c3)c2n1. The number of alkyl halides is 3. The largest absolute Gasteiger partial charge is 0.480 e. The van der Waals surface area contributed by atoms with Crippen LogP contribution in [0, 0.1) is 6.92 Å². The smallest absolute Gasteiger partial charge is 0.416 e. The van der Waals surface area contributed by atoms with E-state index in [0.29, 0.717) is 28.0 Å². The predicted molar refractivity (Wildman–Crippen MR) is 81.3 cm³/mol.